The van der Waals surface area contributed by atoms with Crippen LogP contribution in [0.4, 0.5) is 8.78 Å². The van der Waals surface area contributed by atoms with Crippen LogP contribution in [-0.2, 0) is 20.7 Å². The van der Waals surface area contributed by atoms with Gasteiger partial charge in [0.25, 0.3) is 5.92 Å². The number of hydrogen-bond acceptors (Lipinski definition) is 5. The fourth-order valence-corrected chi connectivity index (χ4v) is 6.64. The zero-order chi connectivity index (χ0) is 27.8. The number of carbonyl (C=O) groups is 1. The van der Waals surface area contributed by atoms with E-state index in [1.165, 1.54) is 29.2 Å². The van der Waals surface area contributed by atoms with Gasteiger partial charge in [0, 0.05) is 29.2 Å². The first-order valence-electron chi connectivity index (χ1n) is 12.9. The van der Waals surface area contributed by atoms with Crippen LogP contribution in [0.2, 0.25) is 0 Å². The van der Waals surface area contributed by atoms with E-state index >= 15 is 8.78 Å². The van der Waals surface area contributed by atoms with Crippen molar-refractivity contribution in [3.05, 3.63) is 70.7 Å². The Bertz CT molecular complexity index is 1460. The lowest BCUT2D eigenvalue weighted by atomic mass is 10.0. The number of likely N-dealkylation sites (tertiary alicyclic amines) is 1. The second kappa shape index (κ2) is 11.1. The van der Waals surface area contributed by atoms with Crippen molar-refractivity contribution in [3.63, 3.8) is 0 Å². The van der Waals surface area contributed by atoms with E-state index in [9.17, 15) is 13.2 Å². The molecule has 3 aromatic carbocycles. The predicted molar refractivity (Wildman–Crippen MR) is 148 cm³/mol. The van der Waals surface area contributed by atoms with Crippen molar-refractivity contribution in [1.29, 1.82) is 0 Å². The van der Waals surface area contributed by atoms with Crippen LogP contribution in [0.1, 0.15) is 37.7 Å². The number of ether oxygens (including phenoxy) is 1. The Morgan fingerprint density at radius 2 is 1.69 bits per heavy atom. The number of nitrogens with two attached hydrogens (primary N) is 1. The van der Waals surface area contributed by atoms with Gasteiger partial charge < -0.3 is 15.4 Å². The van der Waals surface area contributed by atoms with Gasteiger partial charge in [-0.05, 0) is 79.3 Å². The highest BCUT2D eigenvalue weighted by Gasteiger charge is 2.50. The highest BCUT2D eigenvalue weighted by molar-refractivity contribution is 9.10. The lowest BCUT2D eigenvalue weighted by Crippen LogP contribution is -2.56. The number of amides is 1. The Labute approximate surface area is 234 Å². The minimum Gasteiger partial charge on any atom is -0.490 e. The number of sulfonamides is 1. The number of fused-ring (bicyclic) bond motifs is 1. The summed E-state index contributed by atoms with van der Waals surface area (Å²) in [6.07, 6.45) is 4.93. The third-order valence-corrected chi connectivity index (χ3v) is 9.30. The normalized spacial score (nSPS) is 19.5. The van der Waals surface area contributed by atoms with Crippen LogP contribution in [0, 0.1) is 0 Å². The van der Waals surface area contributed by atoms with Crippen LogP contribution in [-0.4, -0.2) is 50.5 Å². The van der Waals surface area contributed by atoms with Crippen LogP contribution in [0.3, 0.4) is 0 Å². The molecule has 208 valence electrons. The second-order valence-corrected chi connectivity index (χ2v) is 12.8. The first-order chi connectivity index (χ1) is 18.5. The molecule has 0 unspecified atom stereocenters. The van der Waals surface area contributed by atoms with Crippen molar-refractivity contribution in [2.75, 3.05) is 13.1 Å². The molecule has 1 aliphatic heterocycles. The largest absolute Gasteiger partial charge is 0.490 e. The van der Waals surface area contributed by atoms with Gasteiger partial charge in [-0.3, -0.25) is 4.79 Å². The van der Waals surface area contributed by atoms with Gasteiger partial charge in [-0.25, -0.2) is 8.42 Å². The molecule has 2 fully saturated rings. The standard InChI is InChI=1S/C28H30BrF2N3O4S/c29-21-9-7-20(8-10-21)28(30,31)26(27(35)34-14-13-22(32)17-34)33-39(36,37)25-12-6-18-15-24(11-5-19(18)16-25)38-23-3-1-2-4-23/h5-12,15-16,22-23,26,33H,1-4,13-14,17,32H2/t22-,26-/m0/s1. The number of benzene rings is 3. The molecular formula is C28H30BrF2N3O4S. The third-order valence-electron chi connectivity index (χ3n) is 7.35. The lowest BCUT2D eigenvalue weighted by molar-refractivity contribution is -0.143. The molecule has 0 spiro atoms. The van der Waals surface area contributed by atoms with Crippen LogP contribution in [0.5, 0.6) is 5.75 Å². The first kappa shape index (κ1) is 27.9. The molecule has 0 bridgehead atoms. The minimum absolute atomic E-state index is 0.0781. The van der Waals surface area contributed by atoms with Gasteiger partial charge in [0.05, 0.1) is 11.0 Å². The van der Waals surface area contributed by atoms with E-state index in [2.05, 4.69) is 15.9 Å². The zero-order valence-corrected chi connectivity index (χ0v) is 23.6. The zero-order valence-electron chi connectivity index (χ0n) is 21.2. The van der Waals surface area contributed by atoms with Gasteiger partial charge >= 0.3 is 0 Å². The van der Waals surface area contributed by atoms with Gasteiger partial charge in [0.15, 0.2) is 6.04 Å². The first-order valence-corrected chi connectivity index (χ1v) is 15.2. The average Bonchev–Trinajstić information content (AvgIpc) is 3.58. The number of rotatable bonds is 8. The molecule has 11 heteroatoms. The summed E-state index contributed by atoms with van der Waals surface area (Å²) >= 11 is 3.21. The summed E-state index contributed by atoms with van der Waals surface area (Å²) < 4.78 is 67.2. The quantitative estimate of drug-likeness (QED) is 0.372. The Morgan fingerprint density at radius 1 is 1.03 bits per heavy atom. The summed E-state index contributed by atoms with van der Waals surface area (Å²) in [5.41, 5.74) is 5.41. The molecule has 0 radical (unpaired) electrons. The molecule has 39 heavy (non-hydrogen) atoms. The maximum atomic E-state index is 15.8. The average molecular weight is 623 g/mol. The van der Waals surface area contributed by atoms with Crippen molar-refractivity contribution in [2.45, 2.75) is 61.1 Å². The molecule has 1 saturated carbocycles. The number of hydrogen-bond donors (Lipinski definition) is 2. The van der Waals surface area contributed by atoms with E-state index in [0.717, 1.165) is 43.2 Å². The van der Waals surface area contributed by atoms with Crippen molar-refractivity contribution in [1.82, 2.24) is 9.62 Å². The van der Waals surface area contributed by atoms with Crippen LogP contribution < -0.4 is 15.2 Å². The van der Waals surface area contributed by atoms with E-state index < -0.39 is 33.5 Å². The second-order valence-electron chi connectivity index (χ2n) is 10.2. The smallest absolute Gasteiger partial charge is 0.298 e. The fraction of sp³-hybridized carbons (Fsp3) is 0.393. The summed E-state index contributed by atoms with van der Waals surface area (Å²) in [6, 6.07) is 12.2. The molecule has 0 aromatic heterocycles. The number of nitrogens with one attached hydrogen (secondary N) is 1. The summed E-state index contributed by atoms with van der Waals surface area (Å²) in [6.45, 7) is 0.255. The highest BCUT2D eigenvalue weighted by atomic mass is 79.9. The molecule has 1 aliphatic carbocycles. The van der Waals surface area contributed by atoms with Gasteiger partial charge in [-0.15, -0.1) is 0 Å². The number of halogens is 3. The summed E-state index contributed by atoms with van der Waals surface area (Å²) in [7, 11) is -4.52. The molecule has 1 saturated heterocycles. The van der Waals surface area contributed by atoms with Gasteiger partial charge in [-0.1, -0.05) is 40.2 Å². The maximum Gasteiger partial charge on any atom is 0.298 e. The summed E-state index contributed by atoms with van der Waals surface area (Å²) in [5.74, 6) is -4.15. The van der Waals surface area contributed by atoms with E-state index in [1.54, 1.807) is 18.2 Å². The lowest BCUT2D eigenvalue weighted by Gasteiger charge is -2.30. The number of alkyl halides is 2. The van der Waals surface area contributed by atoms with Gasteiger partial charge in [0.2, 0.25) is 15.9 Å². The Balaban J connectivity index is 1.44. The molecule has 7 nitrogen and oxygen atoms in total. The van der Waals surface area contributed by atoms with Gasteiger partial charge in [0.1, 0.15) is 5.75 Å². The van der Waals surface area contributed by atoms with Gasteiger partial charge in [-0.2, -0.15) is 13.5 Å². The van der Waals surface area contributed by atoms with Crippen molar-refractivity contribution >= 4 is 42.6 Å². The third kappa shape index (κ3) is 6.11. The van der Waals surface area contributed by atoms with Crippen molar-refractivity contribution in [2.24, 2.45) is 5.73 Å². The van der Waals surface area contributed by atoms with E-state index in [0.29, 0.717) is 22.0 Å². The van der Waals surface area contributed by atoms with Crippen molar-refractivity contribution in [3.8, 4) is 5.75 Å². The Kier molecular flexibility index (Phi) is 7.96. The monoisotopic (exact) mass is 621 g/mol. The molecule has 1 amide bonds. The fourth-order valence-electron chi connectivity index (χ4n) is 5.15. The SMILES string of the molecule is N[C@H]1CCN(C(=O)[C@H](NS(=O)(=O)c2ccc3cc(OC4CCCC4)ccc3c2)C(F)(F)c2ccc(Br)cc2)C1. The maximum absolute atomic E-state index is 15.8. The van der Waals surface area contributed by atoms with Crippen LogP contribution >= 0.6 is 15.9 Å². The number of carbonyl (C=O) groups excluding carboxylic acids is 1. The molecule has 2 atom stereocenters. The predicted octanol–water partition coefficient (Wildman–Crippen LogP) is 4.92. The van der Waals surface area contributed by atoms with Crippen molar-refractivity contribution < 1.29 is 26.7 Å². The highest BCUT2D eigenvalue weighted by Crippen LogP contribution is 2.35. The van der Waals surface area contributed by atoms with Crippen LogP contribution in [0.15, 0.2) is 70.0 Å². The van der Waals surface area contributed by atoms with E-state index in [1.807, 2.05) is 10.8 Å². The van der Waals surface area contributed by atoms with Crippen LogP contribution in [0.25, 0.3) is 10.8 Å². The molecule has 1 heterocycles. The molecular weight excluding hydrogens is 592 g/mol. The molecule has 5 rings (SSSR count). The molecule has 3 N–H and O–H groups in total. The summed E-state index contributed by atoms with van der Waals surface area (Å²) in [4.78, 5) is 14.3. The van der Waals surface area contributed by atoms with E-state index in [4.69, 9.17) is 10.5 Å². The molecule has 3 aromatic rings. The Hall–Kier alpha value is -2.60. The van der Waals surface area contributed by atoms with E-state index in [-0.39, 0.29) is 30.1 Å². The number of nitrogens with zero attached hydrogens (tertiary/aromatic N) is 1. The molecule has 2 aliphatic rings. The minimum atomic E-state index is -4.52. The topological polar surface area (TPSA) is 102 Å². The summed E-state index contributed by atoms with van der Waals surface area (Å²) in [5, 5.41) is 1.35. The Morgan fingerprint density at radius 3 is 2.36 bits per heavy atom.